The number of halogens is 2. The molecule has 0 bridgehead atoms. The van der Waals surface area contributed by atoms with E-state index < -0.39 is 4.92 Å². The molecule has 0 radical (unpaired) electrons. The molecule has 3 aromatic carbocycles. The predicted molar refractivity (Wildman–Crippen MR) is 146 cm³/mol. The van der Waals surface area contributed by atoms with Gasteiger partial charge in [-0.2, -0.15) is 9.78 Å². The van der Waals surface area contributed by atoms with E-state index in [0.29, 0.717) is 40.0 Å². The monoisotopic (exact) mass is 584 g/mol. The normalized spacial score (nSPS) is 11.2. The average Bonchev–Trinajstić information content (AvgIpc) is 2.88. The fraction of sp³-hybridized carbons (Fsp3) is 0.192. The molecule has 0 aliphatic carbocycles. The van der Waals surface area contributed by atoms with Crippen LogP contribution >= 0.6 is 27.5 Å². The summed E-state index contributed by atoms with van der Waals surface area (Å²) in [5, 5.41) is 16.2. The van der Waals surface area contributed by atoms with Crippen LogP contribution in [-0.4, -0.2) is 27.9 Å². The molecule has 0 N–H and O–H groups in total. The Hall–Kier alpha value is -3.76. The molecule has 0 spiro atoms. The zero-order valence-electron chi connectivity index (χ0n) is 20.0. The zero-order chi connectivity index (χ0) is 26.5. The molecule has 0 fully saturated rings. The number of nitro benzene ring substituents is 1. The van der Waals surface area contributed by atoms with Crippen LogP contribution < -0.4 is 15.0 Å². The number of methoxy groups -OCH3 is 1. The maximum absolute atomic E-state index is 13.2. The van der Waals surface area contributed by atoms with Crippen molar-refractivity contribution in [1.29, 1.82) is 0 Å². The summed E-state index contributed by atoms with van der Waals surface area (Å²) < 4.78 is 13.4. The van der Waals surface area contributed by atoms with Crippen LogP contribution in [0, 0.1) is 10.1 Å². The van der Waals surface area contributed by atoms with Gasteiger partial charge < -0.3 is 9.47 Å². The third-order valence-electron chi connectivity index (χ3n) is 5.43. The van der Waals surface area contributed by atoms with E-state index >= 15 is 0 Å². The highest BCUT2D eigenvalue weighted by atomic mass is 79.9. The van der Waals surface area contributed by atoms with Crippen LogP contribution in [0.25, 0.3) is 10.9 Å². The molecule has 0 saturated carbocycles. The van der Waals surface area contributed by atoms with Gasteiger partial charge in [-0.05, 0) is 47.9 Å². The minimum absolute atomic E-state index is 0.0288. The molecule has 37 heavy (non-hydrogen) atoms. The Bertz CT molecular complexity index is 1570. The van der Waals surface area contributed by atoms with E-state index in [0.717, 1.165) is 10.9 Å². The molecule has 1 heterocycles. The van der Waals surface area contributed by atoms with Crippen LogP contribution in [0.2, 0.25) is 5.02 Å². The number of aromatic nitrogens is 2. The molecule has 190 valence electrons. The molecule has 0 amide bonds. The number of nitrogens with zero attached hydrogens (tertiary/aromatic N) is 4. The quantitative estimate of drug-likeness (QED) is 0.133. The highest BCUT2D eigenvalue weighted by Gasteiger charge is 2.14. The smallest absolute Gasteiger partial charge is 0.282 e. The number of aryl methyl sites for hydroxylation is 1. The van der Waals surface area contributed by atoms with Crippen LogP contribution in [0.5, 0.6) is 11.5 Å². The van der Waals surface area contributed by atoms with Crippen molar-refractivity contribution in [3.8, 4) is 11.5 Å². The third kappa shape index (κ3) is 5.98. The van der Waals surface area contributed by atoms with E-state index in [4.69, 9.17) is 21.1 Å². The van der Waals surface area contributed by atoms with Crippen molar-refractivity contribution in [2.24, 2.45) is 5.10 Å². The first-order valence-electron chi connectivity index (χ1n) is 11.3. The summed E-state index contributed by atoms with van der Waals surface area (Å²) in [4.78, 5) is 28.4. The van der Waals surface area contributed by atoms with Gasteiger partial charge in [-0.15, -0.1) is 0 Å². The Labute approximate surface area is 225 Å². The van der Waals surface area contributed by atoms with E-state index in [-0.39, 0.29) is 28.6 Å². The lowest BCUT2D eigenvalue weighted by molar-refractivity contribution is -0.384. The molecule has 0 saturated heterocycles. The number of hydrogen-bond acceptors (Lipinski definition) is 7. The highest BCUT2D eigenvalue weighted by molar-refractivity contribution is 9.10. The molecule has 4 aromatic rings. The van der Waals surface area contributed by atoms with E-state index in [1.165, 1.54) is 30.1 Å². The van der Waals surface area contributed by atoms with Crippen molar-refractivity contribution in [2.75, 3.05) is 7.11 Å². The standard InChI is InChI=1S/C26H22BrClN4O5/c1-3-5-24-30-22-9-8-18(27)13-20(22)26(33)31(24)29-14-17-11-21(28)25(23(12-17)36-2)37-15-16-6-4-7-19(10-16)32(34)35/h4,6-14H,3,5,15H2,1-2H3. The van der Waals surface area contributed by atoms with Gasteiger partial charge >= 0.3 is 0 Å². The maximum Gasteiger partial charge on any atom is 0.282 e. The molecule has 4 rings (SSSR count). The summed E-state index contributed by atoms with van der Waals surface area (Å²) in [5.41, 5.74) is 1.49. The van der Waals surface area contributed by atoms with Gasteiger partial charge in [0, 0.05) is 23.0 Å². The van der Waals surface area contributed by atoms with Gasteiger partial charge in [0.2, 0.25) is 0 Å². The van der Waals surface area contributed by atoms with Crippen LogP contribution in [0.3, 0.4) is 0 Å². The Morgan fingerprint density at radius 1 is 1.22 bits per heavy atom. The van der Waals surface area contributed by atoms with Crippen LogP contribution in [-0.2, 0) is 13.0 Å². The number of benzene rings is 3. The van der Waals surface area contributed by atoms with E-state index in [1.807, 2.05) is 13.0 Å². The lowest BCUT2D eigenvalue weighted by Gasteiger charge is -2.13. The van der Waals surface area contributed by atoms with E-state index in [1.54, 1.807) is 36.4 Å². The van der Waals surface area contributed by atoms with Gasteiger partial charge in [-0.1, -0.05) is 46.6 Å². The molecule has 0 aliphatic heterocycles. The molecule has 0 atom stereocenters. The minimum Gasteiger partial charge on any atom is -0.493 e. The van der Waals surface area contributed by atoms with Crippen molar-refractivity contribution in [3.05, 3.63) is 102 Å². The lowest BCUT2D eigenvalue weighted by atomic mass is 10.2. The second-order valence-corrected chi connectivity index (χ2v) is 9.37. The minimum atomic E-state index is -0.466. The van der Waals surface area contributed by atoms with E-state index in [2.05, 4.69) is 26.0 Å². The molecule has 0 unspecified atom stereocenters. The molecule has 1 aromatic heterocycles. The lowest BCUT2D eigenvalue weighted by Crippen LogP contribution is -2.22. The van der Waals surface area contributed by atoms with Crippen LogP contribution in [0.4, 0.5) is 5.69 Å². The summed E-state index contributed by atoms with van der Waals surface area (Å²) in [5.74, 6) is 1.18. The largest absolute Gasteiger partial charge is 0.493 e. The number of rotatable bonds is 9. The summed E-state index contributed by atoms with van der Waals surface area (Å²) in [7, 11) is 1.47. The predicted octanol–water partition coefficient (Wildman–Crippen LogP) is 6.14. The van der Waals surface area contributed by atoms with Crippen LogP contribution in [0.1, 0.15) is 30.3 Å². The van der Waals surface area contributed by atoms with E-state index in [9.17, 15) is 14.9 Å². The second-order valence-electron chi connectivity index (χ2n) is 8.05. The summed E-state index contributed by atoms with van der Waals surface area (Å²) in [6, 6.07) is 14.8. The summed E-state index contributed by atoms with van der Waals surface area (Å²) in [6.07, 6.45) is 2.87. The van der Waals surface area contributed by atoms with Gasteiger partial charge in [0.1, 0.15) is 12.4 Å². The molecular weight excluding hydrogens is 564 g/mol. The van der Waals surface area contributed by atoms with Crippen molar-refractivity contribution < 1.29 is 14.4 Å². The number of fused-ring (bicyclic) bond motifs is 1. The summed E-state index contributed by atoms with van der Waals surface area (Å²) >= 11 is 9.89. The second kappa shape index (κ2) is 11.5. The fourth-order valence-corrected chi connectivity index (χ4v) is 4.33. The first kappa shape index (κ1) is 26.3. The Morgan fingerprint density at radius 3 is 2.76 bits per heavy atom. The van der Waals surface area contributed by atoms with Crippen molar-refractivity contribution in [3.63, 3.8) is 0 Å². The molecular formula is C26H22BrClN4O5. The fourth-order valence-electron chi connectivity index (χ4n) is 3.69. The number of hydrogen-bond donors (Lipinski definition) is 0. The van der Waals surface area contributed by atoms with Crippen molar-refractivity contribution in [1.82, 2.24) is 9.66 Å². The number of non-ortho nitro benzene ring substituents is 1. The van der Waals surface area contributed by atoms with Gasteiger partial charge in [0.05, 0.1) is 34.2 Å². The first-order valence-corrected chi connectivity index (χ1v) is 12.5. The maximum atomic E-state index is 13.2. The molecule has 9 nitrogen and oxygen atoms in total. The zero-order valence-corrected chi connectivity index (χ0v) is 22.3. The van der Waals surface area contributed by atoms with Crippen LogP contribution in [0.15, 0.2) is 69.0 Å². The number of nitro groups is 1. The summed E-state index contributed by atoms with van der Waals surface area (Å²) in [6.45, 7) is 2.06. The molecule has 0 aliphatic rings. The third-order valence-corrected chi connectivity index (χ3v) is 6.20. The topological polar surface area (TPSA) is 109 Å². The Morgan fingerprint density at radius 2 is 2.03 bits per heavy atom. The van der Waals surface area contributed by atoms with Crippen molar-refractivity contribution in [2.45, 2.75) is 26.4 Å². The van der Waals surface area contributed by atoms with Gasteiger partial charge in [0.25, 0.3) is 11.2 Å². The first-order chi connectivity index (χ1) is 17.8. The van der Waals surface area contributed by atoms with Gasteiger partial charge in [-0.3, -0.25) is 14.9 Å². The SMILES string of the molecule is CCCc1nc2ccc(Br)cc2c(=O)n1N=Cc1cc(Cl)c(OCc2cccc([N+](=O)[O-])c2)c(OC)c1. The Kier molecular flexibility index (Phi) is 8.20. The highest BCUT2D eigenvalue weighted by Crippen LogP contribution is 2.36. The van der Waals surface area contributed by atoms with Gasteiger partial charge in [0.15, 0.2) is 11.5 Å². The van der Waals surface area contributed by atoms with Crippen molar-refractivity contribution >= 4 is 50.3 Å². The van der Waals surface area contributed by atoms with Gasteiger partial charge in [-0.25, -0.2) is 4.98 Å². The molecule has 11 heteroatoms. The average molecular weight is 586 g/mol. The Balaban J connectivity index is 1.65. The number of ether oxygens (including phenoxy) is 2.